The van der Waals surface area contributed by atoms with Gasteiger partial charge >= 0.3 is 0 Å². The maximum absolute atomic E-state index is 13.4. The van der Waals surface area contributed by atoms with Crippen LogP contribution >= 0.6 is 0 Å². The molecule has 1 aliphatic heterocycles. The average molecular weight is 352 g/mol. The number of nitrogens with one attached hydrogen (secondary N) is 1. The summed E-state index contributed by atoms with van der Waals surface area (Å²) >= 11 is 0. The van der Waals surface area contributed by atoms with Gasteiger partial charge in [-0.25, -0.2) is 8.78 Å². The zero-order chi connectivity index (χ0) is 17.6. The van der Waals surface area contributed by atoms with Gasteiger partial charge in [0, 0.05) is 31.6 Å². The van der Waals surface area contributed by atoms with E-state index in [2.05, 4.69) is 5.32 Å². The first-order valence-electron chi connectivity index (χ1n) is 9.21. The zero-order valence-electron chi connectivity index (χ0n) is 14.5. The van der Waals surface area contributed by atoms with Crippen LogP contribution in [0.25, 0.3) is 0 Å². The maximum Gasteiger partial charge on any atom is 0.222 e. The van der Waals surface area contributed by atoms with E-state index in [-0.39, 0.29) is 18.3 Å². The third-order valence-corrected chi connectivity index (χ3v) is 4.93. The number of rotatable bonds is 8. The van der Waals surface area contributed by atoms with E-state index in [0.717, 1.165) is 50.5 Å². The molecule has 6 heteroatoms. The fourth-order valence-electron chi connectivity index (χ4n) is 3.14. The molecule has 138 valence electrons. The highest BCUT2D eigenvalue weighted by Gasteiger charge is 2.25. The van der Waals surface area contributed by atoms with Crippen LogP contribution < -0.4 is 10.1 Å². The van der Waals surface area contributed by atoms with E-state index >= 15 is 0 Å². The highest BCUT2D eigenvalue weighted by atomic mass is 19.1. The van der Waals surface area contributed by atoms with E-state index in [1.54, 1.807) is 0 Å². The number of nitrogens with zero attached hydrogens (tertiary/aromatic N) is 1. The molecular formula is C19H26F2N2O2. The zero-order valence-corrected chi connectivity index (χ0v) is 14.5. The lowest BCUT2D eigenvalue weighted by Gasteiger charge is -2.32. The highest BCUT2D eigenvalue weighted by molar-refractivity contribution is 5.76. The first-order chi connectivity index (χ1) is 12.1. The Hall–Kier alpha value is -1.69. The Bertz CT molecular complexity index is 585. The predicted octanol–water partition coefficient (Wildman–Crippen LogP) is 3.11. The molecule has 0 atom stereocenters. The van der Waals surface area contributed by atoms with Crippen molar-refractivity contribution in [2.45, 2.75) is 44.6 Å². The molecule has 1 saturated carbocycles. The largest absolute Gasteiger partial charge is 0.491 e. The molecule has 25 heavy (non-hydrogen) atoms. The van der Waals surface area contributed by atoms with Gasteiger partial charge in [0.1, 0.15) is 5.82 Å². The number of hydrogen-bond donors (Lipinski definition) is 1. The van der Waals surface area contributed by atoms with Gasteiger partial charge in [-0.1, -0.05) is 0 Å². The molecule has 1 saturated heterocycles. The van der Waals surface area contributed by atoms with Crippen LogP contribution in [0.15, 0.2) is 18.2 Å². The molecule has 0 unspecified atom stereocenters. The van der Waals surface area contributed by atoms with Crippen LogP contribution in [0, 0.1) is 17.6 Å². The molecule has 2 fully saturated rings. The number of carbonyl (C=O) groups excluding carboxylic acids is 1. The van der Waals surface area contributed by atoms with Crippen LogP contribution in [-0.2, 0) is 4.79 Å². The summed E-state index contributed by atoms with van der Waals surface area (Å²) in [6, 6.07) is 3.76. The number of likely N-dealkylation sites (tertiary alicyclic amines) is 1. The first-order valence-corrected chi connectivity index (χ1v) is 9.21. The second-order valence-corrected chi connectivity index (χ2v) is 7.03. The van der Waals surface area contributed by atoms with Gasteiger partial charge in [0.05, 0.1) is 6.61 Å². The van der Waals surface area contributed by atoms with Gasteiger partial charge in [-0.2, -0.15) is 0 Å². The molecule has 0 radical (unpaired) electrons. The summed E-state index contributed by atoms with van der Waals surface area (Å²) in [5.74, 6) is -0.312. The van der Waals surface area contributed by atoms with Crippen LogP contribution in [-0.4, -0.2) is 43.1 Å². The molecule has 0 bridgehead atoms. The molecule has 4 nitrogen and oxygen atoms in total. The van der Waals surface area contributed by atoms with Crippen LogP contribution in [0.5, 0.6) is 5.75 Å². The molecule has 1 aliphatic carbocycles. The minimum Gasteiger partial charge on any atom is -0.491 e. The molecule has 1 aromatic carbocycles. The number of carbonyl (C=O) groups is 1. The molecule has 0 aromatic heterocycles. The van der Waals surface area contributed by atoms with Crippen LogP contribution in [0.1, 0.15) is 38.5 Å². The van der Waals surface area contributed by atoms with E-state index in [1.807, 2.05) is 4.90 Å². The van der Waals surface area contributed by atoms with Crippen LogP contribution in [0.4, 0.5) is 8.78 Å². The van der Waals surface area contributed by atoms with Gasteiger partial charge in [0.2, 0.25) is 5.91 Å². The molecule has 0 spiro atoms. The standard InChI is InChI=1S/C19H26F2N2O2/c20-15-5-6-18(17(21)12-15)25-11-1-2-19(24)23-9-7-16(8-10-23)22-13-14-3-4-14/h5-6,12,14,16,22H,1-4,7-11,13H2. The van der Waals surface area contributed by atoms with Crippen molar-refractivity contribution < 1.29 is 18.3 Å². The van der Waals surface area contributed by atoms with Gasteiger partial charge in [0.15, 0.2) is 11.6 Å². The van der Waals surface area contributed by atoms with E-state index in [0.29, 0.717) is 18.9 Å². The van der Waals surface area contributed by atoms with Gasteiger partial charge in [-0.3, -0.25) is 4.79 Å². The van der Waals surface area contributed by atoms with Crippen molar-refractivity contribution in [3.05, 3.63) is 29.8 Å². The van der Waals surface area contributed by atoms with Gasteiger partial charge in [-0.05, 0) is 56.7 Å². The van der Waals surface area contributed by atoms with Crippen LogP contribution in [0.2, 0.25) is 0 Å². The Balaban J connectivity index is 1.30. The fourth-order valence-corrected chi connectivity index (χ4v) is 3.14. The van der Waals surface area contributed by atoms with Crippen LogP contribution in [0.3, 0.4) is 0 Å². The van der Waals surface area contributed by atoms with Crippen molar-refractivity contribution in [2.24, 2.45) is 5.92 Å². The number of hydrogen-bond acceptors (Lipinski definition) is 3. The summed E-state index contributed by atoms with van der Waals surface area (Å²) in [6.07, 6.45) is 5.65. The lowest BCUT2D eigenvalue weighted by atomic mass is 10.0. The first kappa shape index (κ1) is 18.1. The lowest BCUT2D eigenvalue weighted by molar-refractivity contribution is -0.132. The predicted molar refractivity (Wildman–Crippen MR) is 91.4 cm³/mol. The smallest absolute Gasteiger partial charge is 0.222 e. The molecule has 3 rings (SSSR count). The molecular weight excluding hydrogens is 326 g/mol. The normalized spacial score (nSPS) is 18.4. The number of amides is 1. The number of piperidine rings is 1. The third kappa shape index (κ3) is 5.66. The van der Waals surface area contributed by atoms with Crippen molar-refractivity contribution in [1.82, 2.24) is 10.2 Å². The van der Waals surface area contributed by atoms with Crippen molar-refractivity contribution in [2.75, 3.05) is 26.2 Å². The summed E-state index contributed by atoms with van der Waals surface area (Å²) in [5, 5.41) is 3.60. The third-order valence-electron chi connectivity index (χ3n) is 4.93. The Morgan fingerprint density at radius 1 is 1.20 bits per heavy atom. The van der Waals surface area contributed by atoms with E-state index in [9.17, 15) is 13.6 Å². The number of ether oxygens (including phenoxy) is 1. The lowest BCUT2D eigenvalue weighted by Crippen LogP contribution is -2.45. The summed E-state index contributed by atoms with van der Waals surface area (Å²) in [7, 11) is 0. The Labute approximate surface area is 147 Å². The summed E-state index contributed by atoms with van der Waals surface area (Å²) < 4.78 is 31.5. The molecule has 1 aromatic rings. The minimum atomic E-state index is -0.716. The Morgan fingerprint density at radius 3 is 2.64 bits per heavy atom. The fraction of sp³-hybridized carbons (Fsp3) is 0.632. The Kier molecular flexibility index (Phi) is 6.24. The quantitative estimate of drug-likeness (QED) is 0.731. The molecule has 2 aliphatic rings. The van der Waals surface area contributed by atoms with Crippen molar-refractivity contribution >= 4 is 5.91 Å². The summed E-state index contributed by atoms with van der Waals surface area (Å²) in [4.78, 5) is 14.1. The second kappa shape index (κ2) is 8.61. The van der Waals surface area contributed by atoms with E-state index < -0.39 is 11.6 Å². The average Bonchev–Trinajstić information content (AvgIpc) is 3.43. The Morgan fingerprint density at radius 2 is 1.96 bits per heavy atom. The number of halogens is 2. The van der Waals surface area contributed by atoms with Gasteiger partial charge in [-0.15, -0.1) is 0 Å². The molecule has 1 heterocycles. The topological polar surface area (TPSA) is 41.6 Å². The molecule has 1 N–H and O–H groups in total. The maximum atomic E-state index is 13.4. The van der Waals surface area contributed by atoms with Gasteiger partial charge in [0.25, 0.3) is 0 Å². The van der Waals surface area contributed by atoms with E-state index in [4.69, 9.17) is 4.74 Å². The SMILES string of the molecule is O=C(CCCOc1ccc(F)cc1F)N1CCC(NCC2CC2)CC1. The molecule has 1 amide bonds. The highest BCUT2D eigenvalue weighted by Crippen LogP contribution is 2.28. The van der Waals surface area contributed by atoms with E-state index in [1.165, 1.54) is 18.9 Å². The summed E-state index contributed by atoms with van der Waals surface area (Å²) in [5.41, 5.74) is 0. The monoisotopic (exact) mass is 352 g/mol. The van der Waals surface area contributed by atoms with Crippen molar-refractivity contribution in [3.8, 4) is 5.75 Å². The van der Waals surface area contributed by atoms with Crippen molar-refractivity contribution in [3.63, 3.8) is 0 Å². The minimum absolute atomic E-state index is 0.0244. The summed E-state index contributed by atoms with van der Waals surface area (Å²) in [6.45, 7) is 2.97. The second-order valence-electron chi connectivity index (χ2n) is 7.03. The van der Waals surface area contributed by atoms with Crippen molar-refractivity contribution in [1.29, 1.82) is 0 Å². The van der Waals surface area contributed by atoms with Gasteiger partial charge < -0.3 is 15.0 Å². The number of benzene rings is 1.